The molecule has 0 unspecified atom stereocenters. The Morgan fingerprint density at radius 2 is 1.23 bits per heavy atom. The summed E-state index contributed by atoms with van der Waals surface area (Å²) in [6.45, 7) is -0.0434. The SMILES string of the molecule is O=C(OC[C@H]1O[C@H](O[C@@H]2CO[C@@H]3CO[C@@H]2[C@H]3O)[C@@H](OC(=O)c2ccccc2)[C@@H]1OC(=O)c1ccccc1)c1ccccc1. The average Bonchev–Trinajstić information content (AvgIpc) is 3.48. The number of hydrogen-bond acceptors (Lipinski definition) is 11. The minimum absolute atomic E-state index is 0.0910. The normalized spacial score (nSPS) is 29.5. The van der Waals surface area contributed by atoms with E-state index in [1.165, 1.54) is 0 Å². The third kappa shape index (κ3) is 6.46. The van der Waals surface area contributed by atoms with Crippen molar-refractivity contribution in [1.82, 2.24) is 0 Å². The van der Waals surface area contributed by atoms with Crippen LogP contribution in [0, 0.1) is 0 Å². The highest BCUT2D eigenvalue weighted by Gasteiger charge is 2.54. The van der Waals surface area contributed by atoms with Gasteiger partial charge in [-0.05, 0) is 36.4 Å². The highest BCUT2D eigenvalue weighted by atomic mass is 16.8. The first-order valence-corrected chi connectivity index (χ1v) is 13.9. The summed E-state index contributed by atoms with van der Waals surface area (Å²) in [6.07, 6.45) is -7.75. The topological polar surface area (TPSA) is 136 Å². The second kappa shape index (κ2) is 13.0. The summed E-state index contributed by atoms with van der Waals surface area (Å²) in [6, 6.07) is 24.9. The highest BCUT2D eigenvalue weighted by Crippen LogP contribution is 2.34. The molecule has 3 aliphatic heterocycles. The number of rotatable bonds is 9. The summed E-state index contributed by atoms with van der Waals surface area (Å²) in [7, 11) is 0. The van der Waals surface area contributed by atoms with Gasteiger partial charge in [0.25, 0.3) is 0 Å². The van der Waals surface area contributed by atoms with Crippen molar-refractivity contribution in [3.8, 4) is 0 Å². The molecule has 11 heteroatoms. The summed E-state index contributed by atoms with van der Waals surface area (Å²) in [5.41, 5.74) is 0.834. The zero-order chi connectivity index (χ0) is 29.8. The van der Waals surface area contributed by atoms with Gasteiger partial charge in [0.1, 0.15) is 37.1 Å². The molecule has 3 aromatic rings. The first kappa shape index (κ1) is 29.0. The Hall–Kier alpha value is -4.13. The highest BCUT2D eigenvalue weighted by molar-refractivity contribution is 5.91. The van der Waals surface area contributed by atoms with Crippen molar-refractivity contribution in [3.05, 3.63) is 108 Å². The molecule has 3 aromatic carbocycles. The molecule has 3 aliphatic rings. The van der Waals surface area contributed by atoms with Crippen molar-refractivity contribution >= 4 is 17.9 Å². The van der Waals surface area contributed by atoms with E-state index in [1.807, 2.05) is 0 Å². The molecule has 3 heterocycles. The van der Waals surface area contributed by atoms with Crippen LogP contribution in [0.25, 0.3) is 0 Å². The van der Waals surface area contributed by atoms with Gasteiger partial charge in [0.05, 0.1) is 29.9 Å². The number of ether oxygens (including phenoxy) is 7. The minimum Gasteiger partial charge on any atom is -0.459 e. The van der Waals surface area contributed by atoms with Gasteiger partial charge in [0, 0.05) is 0 Å². The molecule has 43 heavy (non-hydrogen) atoms. The molecular weight excluding hydrogens is 560 g/mol. The van der Waals surface area contributed by atoms with Crippen molar-refractivity contribution in [1.29, 1.82) is 0 Å². The number of fused-ring (bicyclic) bond motifs is 2. The van der Waals surface area contributed by atoms with Gasteiger partial charge in [0.15, 0.2) is 18.5 Å². The molecule has 0 spiro atoms. The number of hydrogen-bond donors (Lipinski definition) is 1. The van der Waals surface area contributed by atoms with Crippen LogP contribution in [-0.4, -0.2) is 91.9 Å². The molecule has 0 aromatic heterocycles. The lowest BCUT2D eigenvalue weighted by Crippen LogP contribution is -2.51. The van der Waals surface area contributed by atoms with Crippen LogP contribution < -0.4 is 0 Å². The van der Waals surface area contributed by atoms with E-state index in [4.69, 9.17) is 33.2 Å². The van der Waals surface area contributed by atoms with E-state index in [0.717, 1.165) is 0 Å². The third-order valence-electron chi connectivity index (χ3n) is 7.48. The fraction of sp³-hybridized carbons (Fsp3) is 0.344. The molecule has 1 N–H and O–H groups in total. The minimum atomic E-state index is -1.29. The van der Waals surface area contributed by atoms with Crippen LogP contribution in [0.2, 0.25) is 0 Å². The monoisotopic (exact) mass is 590 g/mol. The number of aliphatic hydroxyl groups is 1. The lowest BCUT2D eigenvalue weighted by Gasteiger charge is -2.34. The summed E-state index contributed by atoms with van der Waals surface area (Å²) in [4.78, 5) is 39.2. The summed E-state index contributed by atoms with van der Waals surface area (Å²) in [5.74, 6) is -2.02. The maximum Gasteiger partial charge on any atom is 0.338 e. The molecule has 6 rings (SSSR count). The largest absolute Gasteiger partial charge is 0.459 e. The molecule has 3 fully saturated rings. The van der Waals surface area contributed by atoms with Crippen molar-refractivity contribution in [2.24, 2.45) is 0 Å². The van der Waals surface area contributed by atoms with E-state index < -0.39 is 66.9 Å². The summed E-state index contributed by atoms with van der Waals surface area (Å²) in [5, 5.41) is 10.5. The number of aliphatic hydroxyl groups excluding tert-OH is 1. The zero-order valence-electron chi connectivity index (χ0n) is 22.9. The van der Waals surface area contributed by atoms with Crippen LogP contribution in [0.1, 0.15) is 31.1 Å². The zero-order valence-corrected chi connectivity index (χ0v) is 22.9. The predicted molar refractivity (Wildman–Crippen MR) is 147 cm³/mol. The lowest BCUT2D eigenvalue weighted by atomic mass is 10.0. The van der Waals surface area contributed by atoms with E-state index in [9.17, 15) is 19.5 Å². The molecule has 11 nitrogen and oxygen atoms in total. The molecular formula is C32H30O11. The smallest absolute Gasteiger partial charge is 0.338 e. The lowest BCUT2D eigenvalue weighted by molar-refractivity contribution is -0.239. The third-order valence-corrected chi connectivity index (χ3v) is 7.48. The fourth-order valence-electron chi connectivity index (χ4n) is 5.24. The number of esters is 3. The average molecular weight is 591 g/mol. The molecule has 224 valence electrons. The van der Waals surface area contributed by atoms with Gasteiger partial charge in [-0.1, -0.05) is 54.6 Å². The second-order valence-electron chi connectivity index (χ2n) is 10.3. The quantitative estimate of drug-likeness (QED) is 0.291. The Bertz CT molecular complexity index is 1400. The van der Waals surface area contributed by atoms with Crippen LogP contribution in [0.4, 0.5) is 0 Å². The molecule has 0 radical (unpaired) electrons. The van der Waals surface area contributed by atoms with Crippen molar-refractivity contribution in [2.75, 3.05) is 19.8 Å². The van der Waals surface area contributed by atoms with Crippen molar-refractivity contribution in [3.63, 3.8) is 0 Å². The fourth-order valence-corrected chi connectivity index (χ4v) is 5.24. The van der Waals surface area contributed by atoms with Crippen LogP contribution in [0.5, 0.6) is 0 Å². The van der Waals surface area contributed by atoms with E-state index >= 15 is 0 Å². The molecule has 0 amide bonds. The summed E-state index contributed by atoms with van der Waals surface area (Å²) < 4.78 is 41.0. The number of benzene rings is 3. The van der Waals surface area contributed by atoms with E-state index in [-0.39, 0.29) is 30.9 Å². The molecule has 3 saturated heterocycles. The van der Waals surface area contributed by atoms with Gasteiger partial charge < -0.3 is 38.3 Å². The Balaban J connectivity index is 1.27. The molecule has 0 aliphatic carbocycles. The van der Waals surface area contributed by atoms with Crippen LogP contribution in [0.15, 0.2) is 91.0 Å². The number of carbonyl (C=O) groups excluding carboxylic acids is 3. The predicted octanol–water partition coefficient (Wildman–Crippen LogP) is 2.56. The van der Waals surface area contributed by atoms with Gasteiger partial charge in [-0.3, -0.25) is 0 Å². The standard InChI is InChI=1S/C32H30O11/c33-25-22-16-38-26(25)23(17-37-22)40-32-28(43-31(36)21-14-8-3-9-15-21)27(42-30(35)20-12-6-2-7-13-20)24(41-32)18-39-29(34)19-10-4-1-5-11-19/h1-15,22-28,32-33H,16-18H2/t22-,23-,24-,25+,26+,27-,28+,32+/m1/s1. The first-order chi connectivity index (χ1) is 21.0. The van der Waals surface area contributed by atoms with E-state index in [1.54, 1.807) is 91.0 Å². The Labute approximate surface area is 247 Å². The molecule has 8 atom stereocenters. The van der Waals surface area contributed by atoms with Crippen molar-refractivity contribution < 1.29 is 52.6 Å². The van der Waals surface area contributed by atoms with Gasteiger partial charge >= 0.3 is 17.9 Å². The maximum atomic E-state index is 13.2. The number of carbonyl (C=O) groups is 3. The molecule has 2 bridgehead atoms. The van der Waals surface area contributed by atoms with Gasteiger partial charge in [-0.2, -0.15) is 0 Å². The maximum absolute atomic E-state index is 13.2. The van der Waals surface area contributed by atoms with Crippen molar-refractivity contribution in [2.45, 2.75) is 49.0 Å². The van der Waals surface area contributed by atoms with E-state index in [0.29, 0.717) is 5.56 Å². The Morgan fingerprint density at radius 1 is 0.698 bits per heavy atom. The second-order valence-corrected chi connectivity index (χ2v) is 10.3. The van der Waals surface area contributed by atoms with Gasteiger partial charge in [-0.15, -0.1) is 0 Å². The van der Waals surface area contributed by atoms with Gasteiger partial charge in [0.2, 0.25) is 0 Å². The van der Waals surface area contributed by atoms with Crippen LogP contribution in [0.3, 0.4) is 0 Å². The van der Waals surface area contributed by atoms with Crippen LogP contribution in [-0.2, 0) is 33.2 Å². The van der Waals surface area contributed by atoms with Gasteiger partial charge in [-0.25, -0.2) is 14.4 Å². The Morgan fingerprint density at radius 3 is 1.81 bits per heavy atom. The molecule has 0 saturated carbocycles. The van der Waals surface area contributed by atoms with Crippen LogP contribution >= 0.6 is 0 Å². The summed E-state index contributed by atoms with van der Waals surface area (Å²) >= 11 is 0. The first-order valence-electron chi connectivity index (χ1n) is 13.9. The van der Waals surface area contributed by atoms with E-state index in [2.05, 4.69) is 0 Å². The Kier molecular flexibility index (Phi) is 8.77.